The Labute approximate surface area is 137 Å². The van der Waals surface area contributed by atoms with Crippen molar-refractivity contribution in [1.29, 1.82) is 0 Å². The van der Waals surface area contributed by atoms with Gasteiger partial charge in [0, 0.05) is 21.6 Å². The van der Waals surface area contributed by atoms with Crippen molar-refractivity contribution in [3.8, 4) is 0 Å². The van der Waals surface area contributed by atoms with Crippen LogP contribution in [0.3, 0.4) is 0 Å². The molecule has 0 aliphatic carbocycles. The van der Waals surface area contributed by atoms with E-state index in [-0.39, 0.29) is 18.3 Å². The maximum Gasteiger partial charge on any atom is 0.238 e. The normalized spacial score (nSPS) is 9.90. The summed E-state index contributed by atoms with van der Waals surface area (Å²) in [5.41, 5.74) is 1.95. The van der Waals surface area contributed by atoms with E-state index >= 15 is 0 Å². The van der Waals surface area contributed by atoms with Gasteiger partial charge in [-0.15, -0.1) is 23.7 Å². The van der Waals surface area contributed by atoms with Gasteiger partial charge in [-0.05, 0) is 36.1 Å². The third-order valence-corrected chi connectivity index (χ3v) is 4.35. The molecule has 0 bridgehead atoms. The fourth-order valence-electron chi connectivity index (χ4n) is 1.59. The van der Waals surface area contributed by atoms with E-state index in [1.807, 2.05) is 42.6 Å². The van der Waals surface area contributed by atoms with Gasteiger partial charge in [-0.3, -0.25) is 4.79 Å². The first-order chi connectivity index (χ1) is 9.15. The molecule has 0 spiro atoms. The van der Waals surface area contributed by atoms with Crippen molar-refractivity contribution < 1.29 is 4.79 Å². The number of amides is 1. The molecule has 0 unspecified atom stereocenters. The molecule has 1 aromatic carbocycles. The second-order valence-electron chi connectivity index (χ2n) is 4.20. The topological polar surface area (TPSA) is 41.1 Å². The Bertz CT molecular complexity index is 560. The summed E-state index contributed by atoms with van der Waals surface area (Å²) in [5.74, 6) is -0.0349. The summed E-state index contributed by atoms with van der Waals surface area (Å²) in [6, 6.07) is 9.83. The molecule has 1 heterocycles. The number of benzene rings is 1. The number of nitrogens with one attached hydrogen (secondary N) is 2. The van der Waals surface area contributed by atoms with Gasteiger partial charge in [-0.2, -0.15) is 0 Å². The van der Waals surface area contributed by atoms with Crippen molar-refractivity contribution in [1.82, 2.24) is 5.32 Å². The van der Waals surface area contributed by atoms with Gasteiger partial charge in [-0.1, -0.05) is 28.1 Å². The van der Waals surface area contributed by atoms with Crippen LogP contribution in [0.15, 0.2) is 40.2 Å². The summed E-state index contributed by atoms with van der Waals surface area (Å²) in [4.78, 5) is 13.0. The number of carbonyl (C=O) groups excluding carboxylic acids is 1. The monoisotopic (exact) mass is 374 g/mol. The predicted octanol–water partition coefficient (Wildman–Crippen LogP) is 3.97. The van der Waals surface area contributed by atoms with Crippen LogP contribution in [0.5, 0.6) is 0 Å². The Hall–Kier alpha value is -0.880. The Morgan fingerprint density at radius 2 is 2.15 bits per heavy atom. The second kappa shape index (κ2) is 8.42. The molecule has 2 aromatic rings. The van der Waals surface area contributed by atoms with Gasteiger partial charge >= 0.3 is 0 Å². The fourth-order valence-corrected chi connectivity index (χ4v) is 2.64. The summed E-state index contributed by atoms with van der Waals surface area (Å²) in [6.07, 6.45) is 0. The molecule has 20 heavy (non-hydrogen) atoms. The van der Waals surface area contributed by atoms with Gasteiger partial charge in [0.05, 0.1) is 6.54 Å². The average Bonchev–Trinajstić information content (AvgIpc) is 2.87. The average molecular weight is 376 g/mol. The Balaban J connectivity index is 0.00000200. The maximum absolute atomic E-state index is 11.8. The Morgan fingerprint density at radius 3 is 2.80 bits per heavy atom. The van der Waals surface area contributed by atoms with Crippen LogP contribution in [0, 0.1) is 6.92 Å². The van der Waals surface area contributed by atoms with Gasteiger partial charge in [0.25, 0.3) is 0 Å². The standard InChI is InChI=1S/C14H15BrN2OS.ClH/c1-10-4-5-11(7-13(10)15)17-14(18)9-16-8-12-3-2-6-19-12;/h2-7,16H,8-9H2,1H3,(H,17,18);1H. The molecular formula is C14H16BrClN2OS. The van der Waals surface area contributed by atoms with E-state index < -0.39 is 0 Å². The van der Waals surface area contributed by atoms with Crippen LogP contribution in [0.1, 0.15) is 10.4 Å². The van der Waals surface area contributed by atoms with Crippen molar-refractivity contribution in [2.24, 2.45) is 0 Å². The van der Waals surface area contributed by atoms with E-state index in [4.69, 9.17) is 0 Å². The maximum atomic E-state index is 11.8. The number of carbonyl (C=O) groups is 1. The van der Waals surface area contributed by atoms with Crippen LogP contribution in [-0.4, -0.2) is 12.5 Å². The molecule has 0 saturated heterocycles. The summed E-state index contributed by atoms with van der Waals surface area (Å²) in [6.45, 7) is 3.05. The van der Waals surface area contributed by atoms with Crippen molar-refractivity contribution in [3.05, 3.63) is 50.6 Å². The van der Waals surface area contributed by atoms with Gasteiger partial charge in [-0.25, -0.2) is 0 Å². The number of aryl methyl sites for hydroxylation is 1. The first-order valence-electron chi connectivity index (χ1n) is 5.94. The SMILES string of the molecule is Cc1ccc(NC(=O)CNCc2cccs2)cc1Br.Cl. The minimum Gasteiger partial charge on any atom is -0.325 e. The van der Waals surface area contributed by atoms with Crippen molar-refractivity contribution >= 4 is 51.3 Å². The van der Waals surface area contributed by atoms with Gasteiger partial charge in [0.15, 0.2) is 0 Å². The Morgan fingerprint density at radius 1 is 1.35 bits per heavy atom. The fraction of sp³-hybridized carbons (Fsp3) is 0.214. The smallest absolute Gasteiger partial charge is 0.238 e. The number of anilines is 1. The highest BCUT2D eigenvalue weighted by Crippen LogP contribution is 2.20. The van der Waals surface area contributed by atoms with Crippen LogP contribution >= 0.6 is 39.7 Å². The van der Waals surface area contributed by atoms with E-state index in [0.717, 1.165) is 22.3 Å². The zero-order valence-electron chi connectivity index (χ0n) is 11.0. The van der Waals surface area contributed by atoms with E-state index in [1.54, 1.807) is 11.3 Å². The molecule has 2 N–H and O–H groups in total. The quantitative estimate of drug-likeness (QED) is 0.830. The predicted molar refractivity (Wildman–Crippen MR) is 90.8 cm³/mol. The molecule has 0 aliphatic rings. The first-order valence-corrected chi connectivity index (χ1v) is 7.61. The summed E-state index contributed by atoms with van der Waals surface area (Å²) < 4.78 is 0.997. The lowest BCUT2D eigenvalue weighted by Crippen LogP contribution is -2.27. The molecule has 0 aliphatic heterocycles. The number of thiophene rings is 1. The molecule has 0 fully saturated rings. The second-order valence-corrected chi connectivity index (χ2v) is 6.08. The number of hydrogen-bond donors (Lipinski definition) is 2. The van der Waals surface area contributed by atoms with Gasteiger partial charge < -0.3 is 10.6 Å². The molecule has 0 radical (unpaired) electrons. The molecule has 0 atom stereocenters. The molecular weight excluding hydrogens is 360 g/mol. The summed E-state index contributed by atoms with van der Waals surface area (Å²) >= 11 is 5.13. The third-order valence-electron chi connectivity index (χ3n) is 2.62. The number of rotatable bonds is 5. The zero-order chi connectivity index (χ0) is 13.7. The minimum absolute atomic E-state index is 0. The van der Waals surface area contributed by atoms with Crippen LogP contribution in [0.2, 0.25) is 0 Å². The highest BCUT2D eigenvalue weighted by molar-refractivity contribution is 9.10. The molecule has 0 saturated carbocycles. The summed E-state index contributed by atoms with van der Waals surface area (Å²) in [5, 5.41) is 8.01. The lowest BCUT2D eigenvalue weighted by Gasteiger charge is -2.07. The molecule has 2 rings (SSSR count). The van der Waals surface area contributed by atoms with E-state index in [2.05, 4.69) is 26.6 Å². The Kier molecular flexibility index (Phi) is 7.23. The van der Waals surface area contributed by atoms with E-state index in [9.17, 15) is 4.79 Å². The largest absolute Gasteiger partial charge is 0.325 e. The van der Waals surface area contributed by atoms with Crippen LogP contribution in [-0.2, 0) is 11.3 Å². The van der Waals surface area contributed by atoms with Gasteiger partial charge in [0.1, 0.15) is 0 Å². The van der Waals surface area contributed by atoms with E-state index in [1.165, 1.54) is 4.88 Å². The zero-order valence-corrected chi connectivity index (χ0v) is 14.2. The number of hydrogen-bond acceptors (Lipinski definition) is 3. The third kappa shape index (κ3) is 5.25. The molecule has 1 amide bonds. The molecule has 1 aromatic heterocycles. The minimum atomic E-state index is -0.0349. The highest BCUT2D eigenvalue weighted by Gasteiger charge is 2.03. The highest BCUT2D eigenvalue weighted by atomic mass is 79.9. The van der Waals surface area contributed by atoms with Crippen LogP contribution < -0.4 is 10.6 Å². The van der Waals surface area contributed by atoms with Crippen molar-refractivity contribution in [3.63, 3.8) is 0 Å². The molecule has 6 heteroatoms. The molecule has 3 nitrogen and oxygen atoms in total. The number of halogens is 2. The lowest BCUT2D eigenvalue weighted by atomic mass is 10.2. The molecule has 108 valence electrons. The lowest BCUT2D eigenvalue weighted by molar-refractivity contribution is -0.115. The van der Waals surface area contributed by atoms with E-state index in [0.29, 0.717) is 6.54 Å². The van der Waals surface area contributed by atoms with Crippen LogP contribution in [0.25, 0.3) is 0 Å². The first kappa shape index (κ1) is 17.2. The van der Waals surface area contributed by atoms with Gasteiger partial charge in [0.2, 0.25) is 5.91 Å². The van der Waals surface area contributed by atoms with Crippen LogP contribution in [0.4, 0.5) is 5.69 Å². The van der Waals surface area contributed by atoms with Crippen molar-refractivity contribution in [2.75, 3.05) is 11.9 Å². The van der Waals surface area contributed by atoms with Crippen molar-refractivity contribution in [2.45, 2.75) is 13.5 Å². The summed E-state index contributed by atoms with van der Waals surface area (Å²) in [7, 11) is 0.